The molecule has 1 aliphatic carbocycles. The summed E-state index contributed by atoms with van der Waals surface area (Å²) in [4.78, 5) is 16.0. The maximum absolute atomic E-state index is 13.8. The van der Waals surface area contributed by atoms with Gasteiger partial charge in [-0.05, 0) is 45.5 Å². The van der Waals surface area contributed by atoms with Crippen molar-refractivity contribution >= 4 is 6.03 Å². The zero-order valence-electron chi connectivity index (χ0n) is 13.9. The smallest absolute Gasteiger partial charge is 0.317 e. The number of nitrogens with zero attached hydrogens (tertiary/aromatic N) is 3. The summed E-state index contributed by atoms with van der Waals surface area (Å²) in [7, 11) is 5.84. The fourth-order valence-corrected chi connectivity index (χ4v) is 2.91. The topological polar surface area (TPSA) is 59.4 Å². The summed E-state index contributed by atoms with van der Waals surface area (Å²) in [6, 6.07) is 5.92. The third kappa shape index (κ3) is 3.80. The molecule has 2 amide bonds. The molecular formula is C17H23FN4O. The number of urea groups is 1. The highest BCUT2D eigenvalue weighted by Crippen LogP contribution is 2.36. The second-order valence-electron chi connectivity index (χ2n) is 6.41. The predicted octanol–water partition coefficient (Wildman–Crippen LogP) is 2.32. The molecule has 1 N–H and O–H groups in total. The Morgan fingerprint density at radius 1 is 1.39 bits per heavy atom. The Morgan fingerprint density at radius 3 is 2.57 bits per heavy atom. The van der Waals surface area contributed by atoms with Gasteiger partial charge in [0.1, 0.15) is 5.82 Å². The molecule has 0 unspecified atom stereocenters. The minimum absolute atomic E-state index is 0.0613. The van der Waals surface area contributed by atoms with Crippen LogP contribution in [0.3, 0.4) is 0 Å². The molecule has 1 aliphatic rings. The van der Waals surface area contributed by atoms with E-state index in [9.17, 15) is 9.18 Å². The van der Waals surface area contributed by atoms with Crippen molar-refractivity contribution in [3.05, 3.63) is 35.1 Å². The monoisotopic (exact) mass is 318 g/mol. The fraction of sp³-hybridized carbons (Fsp3) is 0.529. The Hall–Kier alpha value is -2.13. The van der Waals surface area contributed by atoms with Crippen LogP contribution in [-0.2, 0) is 6.54 Å². The highest BCUT2D eigenvalue weighted by Gasteiger charge is 2.40. The molecule has 124 valence electrons. The van der Waals surface area contributed by atoms with Crippen molar-refractivity contribution in [1.29, 1.82) is 5.26 Å². The number of amides is 2. The van der Waals surface area contributed by atoms with Gasteiger partial charge in [-0.3, -0.25) is 0 Å². The van der Waals surface area contributed by atoms with Gasteiger partial charge in [0, 0.05) is 31.2 Å². The summed E-state index contributed by atoms with van der Waals surface area (Å²) in [5.41, 5.74) is 0.704. The number of nitriles is 1. The first kappa shape index (κ1) is 17.2. The van der Waals surface area contributed by atoms with Crippen molar-refractivity contribution in [3.63, 3.8) is 0 Å². The molecule has 1 fully saturated rings. The minimum atomic E-state index is -0.476. The zero-order valence-corrected chi connectivity index (χ0v) is 13.9. The highest BCUT2D eigenvalue weighted by atomic mass is 19.1. The summed E-state index contributed by atoms with van der Waals surface area (Å²) in [6.07, 6.45) is 3.35. The molecule has 2 rings (SSSR count). The first-order valence-electron chi connectivity index (χ1n) is 7.73. The maximum Gasteiger partial charge on any atom is 0.317 e. The van der Waals surface area contributed by atoms with Crippen LogP contribution >= 0.6 is 0 Å². The molecule has 1 aromatic carbocycles. The first-order chi connectivity index (χ1) is 10.9. The normalized spacial score (nSPS) is 15.7. The standard InChI is InChI=1S/C17H23FN4O/c1-21(2)17(7-4-8-17)12-22(3)16(23)20-11-14-6-5-13(10-19)9-15(14)18/h5-6,9H,4,7-8,11-12H2,1-3H3,(H,20,23). The van der Waals surface area contributed by atoms with Crippen molar-refractivity contribution in [2.45, 2.75) is 31.3 Å². The van der Waals surface area contributed by atoms with Gasteiger partial charge in [0.15, 0.2) is 0 Å². The van der Waals surface area contributed by atoms with Crippen LogP contribution in [-0.4, -0.2) is 49.1 Å². The van der Waals surface area contributed by atoms with E-state index in [0.29, 0.717) is 12.1 Å². The van der Waals surface area contributed by atoms with E-state index in [1.165, 1.54) is 18.6 Å². The summed E-state index contributed by atoms with van der Waals surface area (Å²) in [6.45, 7) is 0.761. The molecule has 0 saturated heterocycles. The zero-order chi connectivity index (χ0) is 17.0. The Morgan fingerprint density at radius 2 is 2.09 bits per heavy atom. The van der Waals surface area contributed by atoms with Gasteiger partial charge in [-0.25, -0.2) is 9.18 Å². The molecule has 0 spiro atoms. The molecule has 0 aromatic heterocycles. The van der Waals surface area contributed by atoms with E-state index in [1.807, 2.05) is 20.2 Å². The van der Waals surface area contributed by atoms with E-state index in [4.69, 9.17) is 5.26 Å². The molecule has 0 radical (unpaired) electrons. The highest BCUT2D eigenvalue weighted by molar-refractivity contribution is 5.74. The van der Waals surface area contributed by atoms with Crippen molar-refractivity contribution in [1.82, 2.24) is 15.1 Å². The lowest BCUT2D eigenvalue weighted by Crippen LogP contribution is -2.58. The van der Waals surface area contributed by atoms with Crippen LogP contribution in [0.1, 0.15) is 30.4 Å². The quantitative estimate of drug-likeness (QED) is 0.906. The van der Waals surface area contributed by atoms with Crippen LogP contribution in [0, 0.1) is 17.1 Å². The molecule has 1 saturated carbocycles. The largest absolute Gasteiger partial charge is 0.334 e. The van der Waals surface area contributed by atoms with Gasteiger partial charge in [-0.2, -0.15) is 5.26 Å². The third-order valence-corrected chi connectivity index (χ3v) is 4.72. The second-order valence-corrected chi connectivity index (χ2v) is 6.41. The molecule has 23 heavy (non-hydrogen) atoms. The van der Waals surface area contributed by atoms with Crippen molar-refractivity contribution in [3.8, 4) is 6.07 Å². The summed E-state index contributed by atoms with van der Waals surface area (Å²) >= 11 is 0. The van der Waals surface area contributed by atoms with Gasteiger partial charge < -0.3 is 15.1 Å². The van der Waals surface area contributed by atoms with Gasteiger partial charge in [0.05, 0.1) is 11.6 Å². The number of hydrogen-bond acceptors (Lipinski definition) is 3. The number of nitrogens with one attached hydrogen (secondary N) is 1. The van der Waals surface area contributed by atoms with Crippen molar-refractivity contribution in [2.24, 2.45) is 0 Å². The van der Waals surface area contributed by atoms with Crippen LogP contribution in [0.2, 0.25) is 0 Å². The van der Waals surface area contributed by atoms with E-state index in [1.54, 1.807) is 18.0 Å². The number of carbonyl (C=O) groups is 1. The van der Waals surface area contributed by atoms with Gasteiger partial charge in [-0.15, -0.1) is 0 Å². The fourth-order valence-electron chi connectivity index (χ4n) is 2.91. The van der Waals surface area contributed by atoms with E-state index >= 15 is 0 Å². The summed E-state index contributed by atoms with van der Waals surface area (Å²) < 4.78 is 13.8. The SMILES string of the molecule is CN(CC1(N(C)C)CCC1)C(=O)NCc1ccc(C#N)cc1F. The van der Waals surface area contributed by atoms with Crippen LogP contribution < -0.4 is 5.32 Å². The van der Waals surface area contributed by atoms with Crippen molar-refractivity contribution < 1.29 is 9.18 Å². The van der Waals surface area contributed by atoms with E-state index in [-0.39, 0.29) is 23.7 Å². The Balaban J connectivity index is 1.91. The molecule has 0 heterocycles. The first-order valence-corrected chi connectivity index (χ1v) is 7.73. The van der Waals surface area contributed by atoms with Gasteiger partial charge in [0.25, 0.3) is 0 Å². The number of rotatable bonds is 5. The number of hydrogen-bond donors (Lipinski definition) is 1. The van der Waals surface area contributed by atoms with Crippen LogP contribution in [0.25, 0.3) is 0 Å². The Kier molecular flexibility index (Phi) is 5.22. The number of benzene rings is 1. The van der Waals surface area contributed by atoms with E-state index < -0.39 is 5.82 Å². The van der Waals surface area contributed by atoms with Crippen LogP contribution in [0.5, 0.6) is 0 Å². The minimum Gasteiger partial charge on any atom is -0.334 e. The van der Waals surface area contributed by atoms with Crippen LogP contribution in [0.15, 0.2) is 18.2 Å². The molecular weight excluding hydrogens is 295 g/mol. The Labute approximate surface area is 136 Å². The molecule has 0 bridgehead atoms. The molecule has 0 aliphatic heterocycles. The molecule has 0 atom stereocenters. The summed E-state index contributed by atoms with van der Waals surface area (Å²) in [5, 5.41) is 11.5. The second kappa shape index (κ2) is 6.97. The van der Waals surface area contributed by atoms with Gasteiger partial charge in [0.2, 0.25) is 0 Å². The average molecular weight is 318 g/mol. The lowest BCUT2D eigenvalue weighted by molar-refractivity contribution is 0.0363. The Bertz CT molecular complexity index is 620. The van der Waals surface area contributed by atoms with Gasteiger partial charge in [-0.1, -0.05) is 6.07 Å². The van der Waals surface area contributed by atoms with Crippen LogP contribution in [0.4, 0.5) is 9.18 Å². The number of halogens is 1. The molecule has 1 aromatic rings. The maximum atomic E-state index is 13.8. The lowest BCUT2D eigenvalue weighted by Gasteiger charge is -2.49. The molecule has 6 heteroatoms. The lowest BCUT2D eigenvalue weighted by atomic mass is 9.75. The third-order valence-electron chi connectivity index (χ3n) is 4.72. The van der Waals surface area contributed by atoms with E-state index in [0.717, 1.165) is 12.8 Å². The number of carbonyl (C=O) groups excluding carboxylic acids is 1. The van der Waals surface area contributed by atoms with E-state index in [2.05, 4.69) is 10.2 Å². The average Bonchev–Trinajstić information content (AvgIpc) is 2.48. The van der Waals surface area contributed by atoms with Crippen molar-refractivity contribution in [2.75, 3.05) is 27.7 Å². The predicted molar refractivity (Wildman–Crippen MR) is 86.2 cm³/mol. The summed E-state index contributed by atoms with van der Waals surface area (Å²) in [5.74, 6) is -0.476. The number of likely N-dealkylation sites (N-methyl/N-ethyl adjacent to an activating group) is 2. The molecule has 5 nitrogen and oxygen atoms in total. The van der Waals surface area contributed by atoms with Gasteiger partial charge >= 0.3 is 6.03 Å².